The smallest absolute Gasteiger partial charge is 0.0210 e. The first-order valence-electron chi connectivity index (χ1n) is 7.94. The van der Waals surface area contributed by atoms with Gasteiger partial charge >= 0.3 is 0 Å². The Hall–Kier alpha value is -0.860. The summed E-state index contributed by atoms with van der Waals surface area (Å²) in [7, 11) is 0. The number of nitrogens with zero attached hydrogens (tertiary/aromatic N) is 1. The molecule has 2 nitrogen and oxygen atoms in total. The molecular weight excluding hydrogens is 232 g/mol. The molecule has 3 rings (SSSR count). The van der Waals surface area contributed by atoms with Gasteiger partial charge in [-0.2, -0.15) is 0 Å². The highest BCUT2D eigenvalue weighted by Gasteiger charge is 2.18. The van der Waals surface area contributed by atoms with Crippen LogP contribution in [0.1, 0.15) is 43.2 Å². The normalized spacial score (nSPS) is 24.7. The van der Waals surface area contributed by atoms with E-state index in [2.05, 4.69) is 34.5 Å². The molecule has 0 saturated carbocycles. The molecule has 1 aromatic rings. The molecule has 2 heterocycles. The Morgan fingerprint density at radius 2 is 1.74 bits per heavy atom. The molecule has 0 bridgehead atoms. The molecule has 0 spiro atoms. The molecule has 2 aliphatic rings. The second kappa shape index (κ2) is 6.53. The lowest BCUT2D eigenvalue weighted by Gasteiger charge is -2.28. The quantitative estimate of drug-likeness (QED) is 0.896. The van der Waals surface area contributed by atoms with E-state index in [1.807, 2.05) is 0 Å². The molecule has 1 atom stereocenters. The van der Waals surface area contributed by atoms with Crippen LogP contribution < -0.4 is 5.32 Å². The van der Waals surface area contributed by atoms with Crippen molar-refractivity contribution in [2.45, 2.75) is 51.1 Å². The van der Waals surface area contributed by atoms with Crippen LogP contribution in [0, 0.1) is 0 Å². The Kier molecular flexibility index (Phi) is 4.52. The third kappa shape index (κ3) is 3.58. The maximum Gasteiger partial charge on any atom is 0.0210 e. The minimum Gasteiger partial charge on any atom is -0.310 e. The summed E-state index contributed by atoms with van der Waals surface area (Å²) in [6.07, 6.45) is 8.19. The summed E-state index contributed by atoms with van der Waals surface area (Å²) in [6, 6.07) is 9.56. The minimum absolute atomic E-state index is 0.679. The summed E-state index contributed by atoms with van der Waals surface area (Å²) in [5, 5.41) is 3.70. The first-order valence-corrected chi connectivity index (χ1v) is 7.94. The zero-order chi connectivity index (χ0) is 12.9. The third-order valence-corrected chi connectivity index (χ3v) is 4.66. The van der Waals surface area contributed by atoms with Crippen LogP contribution in [0.5, 0.6) is 0 Å². The predicted molar refractivity (Wildman–Crippen MR) is 80.3 cm³/mol. The fourth-order valence-corrected chi connectivity index (χ4v) is 3.42. The van der Waals surface area contributed by atoms with E-state index < -0.39 is 0 Å². The van der Waals surface area contributed by atoms with Crippen molar-refractivity contribution in [2.75, 3.05) is 19.6 Å². The summed E-state index contributed by atoms with van der Waals surface area (Å²) in [5.41, 5.74) is 3.05. The molecule has 1 fully saturated rings. The molecule has 0 aliphatic carbocycles. The van der Waals surface area contributed by atoms with Crippen LogP contribution in [0.4, 0.5) is 0 Å². The van der Waals surface area contributed by atoms with Gasteiger partial charge in [0.25, 0.3) is 0 Å². The largest absolute Gasteiger partial charge is 0.310 e. The van der Waals surface area contributed by atoms with Crippen LogP contribution in [-0.2, 0) is 13.0 Å². The fourth-order valence-electron chi connectivity index (χ4n) is 3.42. The lowest BCUT2D eigenvalue weighted by Crippen LogP contribution is -2.39. The predicted octanol–water partition coefficient (Wildman–Crippen LogP) is 2.97. The van der Waals surface area contributed by atoms with Crippen LogP contribution >= 0.6 is 0 Å². The molecule has 2 aliphatic heterocycles. The second-order valence-electron chi connectivity index (χ2n) is 6.10. The van der Waals surface area contributed by atoms with Gasteiger partial charge in [0.15, 0.2) is 0 Å². The van der Waals surface area contributed by atoms with Crippen LogP contribution in [0.3, 0.4) is 0 Å². The zero-order valence-electron chi connectivity index (χ0n) is 11.9. The molecule has 0 radical (unpaired) electrons. The molecule has 1 saturated heterocycles. The number of hydrogen-bond acceptors (Lipinski definition) is 2. The Morgan fingerprint density at radius 1 is 1.00 bits per heavy atom. The Morgan fingerprint density at radius 3 is 2.53 bits per heavy atom. The summed E-state index contributed by atoms with van der Waals surface area (Å²) >= 11 is 0. The van der Waals surface area contributed by atoms with E-state index in [0.717, 1.165) is 6.54 Å². The second-order valence-corrected chi connectivity index (χ2v) is 6.10. The van der Waals surface area contributed by atoms with Crippen LogP contribution in [-0.4, -0.2) is 30.6 Å². The molecule has 1 unspecified atom stereocenters. The third-order valence-electron chi connectivity index (χ3n) is 4.66. The van der Waals surface area contributed by atoms with Gasteiger partial charge in [0, 0.05) is 12.6 Å². The average molecular weight is 258 g/mol. The topological polar surface area (TPSA) is 15.3 Å². The van der Waals surface area contributed by atoms with Crippen molar-refractivity contribution in [1.82, 2.24) is 10.2 Å². The van der Waals surface area contributed by atoms with Gasteiger partial charge in [0.1, 0.15) is 0 Å². The number of rotatable bonds is 3. The number of nitrogens with one attached hydrogen (secondary N) is 1. The summed E-state index contributed by atoms with van der Waals surface area (Å²) in [6.45, 7) is 4.98. The van der Waals surface area contributed by atoms with Crippen LogP contribution in [0.2, 0.25) is 0 Å². The van der Waals surface area contributed by atoms with Gasteiger partial charge in [0.05, 0.1) is 0 Å². The van der Waals surface area contributed by atoms with E-state index in [1.165, 1.54) is 63.7 Å². The van der Waals surface area contributed by atoms with Gasteiger partial charge in [-0.05, 0) is 56.4 Å². The molecule has 19 heavy (non-hydrogen) atoms. The van der Waals surface area contributed by atoms with Gasteiger partial charge in [-0.1, -0.05) is 37.1 Å². The van der Waals surface area contributed by atoms with E-state index >= 15 is 0 Å². The first-order chi connectivity index (χ1) is 9.42. The van der Waals surface area contributed by atoms with Crippen molar-refractivity contribution < 1.29 is 0 Å². The van der Waals surface area contributed by atoms with Gasteiger partial charge in [-0.3, -0.25) is 0 Å². The van der Waals surface area contributed by atoms with E-state index in [9.17, 15) is 0 Å². The van der Waals surface area contributed by atoms with E-state index in [1.54, 1.807) is 5.56 Å². The standard InChI is InChI=1S/C17H26N2/c1-2-6-11-19(10-5-1)12-9-17-13-15-7-3-4-8-16(15)14-18-17/h3-4,7-8,17-18H,1-2,5-6,9-14H2. The SMILES string of the molecule is c1ccc2c(c1)CNC(CCN1CCCCCC1)C2. The summed E-state index contributed by atoms with van der Waals surface area (Å²) in [5.74, 6) is 0. The summed E-state index contributed by atoms with van der Waals surface area (Å²) in [4.78, 5) is 2.68. The van der Waals surface area contributed by atoms with Gasteiger partial charge in [0.2, 0.25) is 0 Å². The van der Waals surface area contributed by atoms with Crippen molar-refractivity contribution in [2.24, 2.45) is 0 Å². The van der Waals surface area contributed by atoms with Crippen molar-refractivity contribution in [1.29, 1.82) is 0 Å². The van der Waals surface area contributed by atoms with Gasteiger partial charge in [-0.15, -0.1) is 0 Å². The monoisotopic (exact) mass is 258 g/mol. The van der Waals surface area contributed by atoms with Crippen molar-refractivity contribution in [3.8, 4) is 0 Å². The Balaban J connectivity index is 1.49. The first kappa shape index (κ1) is 13.1. The maximum atomic E-state index is 3.70. The van der Waals surface area contributed by atoms with Crippen molar-refractivity contribution in [3.05, 3.63) is 35.4 Å². The molecule has 1 aromatic carbocycles. The number of fused-ring (bicyclic) bond motifs is 1. The highest BCUT2D eigenvalue weighted by atomic mass is 15.1. The zero-order valence-corrected chi connectivity index (χ0v) is 11.9. The number of likely N-dealkylation sites (tertiary alicyclic amines) is 1. The van der Waals surface area contributed by atoms with Gasteiger partial charge < -0.3 is 10.2 Å². The summed E-state index contributed by atoms with van der Waals surface area (Å²) < 4.78 is 0. The van der Waals surface area contributed by atoms with Crippen LogP contribution in [0.25, 0.3) is 0 Å². The number of benzene rings is 1. The maximum absolute atomic E-state index is 3.70. The molecule has 1 N–H and O–H groups in total. The van der Waals surface area contributed by atoms with E-state index in [4.69, 9.17) is 0 Å². The molecule has 2 heteroatoms. The Bertz CT molecular complexity index is 394. The lowest BCUT2D eigenvalue weighted by molar-refractivity contribution is 0.262. The van der Waals surface area contributed by atoms with E-state index in [0.29, 0.717) is 6.04 Å². The van der Waals surface area contributed by atoms with Crippen LogP contribution in [0.15, 0.2) is 24.3 Å². The van der Waals surface area contributed by atoms with Crippen molar-refractivity contribution >= 4 is 0 Å². The lowest BCUT2D eigenvalue weighted by atomic mass is 9.94. The molecular formula is C17H26N2. The Labute approximate surface area is 117 Å². The van der Waals surface area contributed by atoms with E-state index in [-0.39, 0.29) is 0 Å². The molecule has 0 aromatic heterocycles. The van der Waals surface area contributed by atoms with Crippen molar-refractivity contribution in [3.63, 3.8) is 0 Å². The molecule has 104 valence electrons. The number of hydrogen-bond donors (Lipinski definition) is 1. The molecule has 0 amide bonds. The van der Waals surface area contributed by atoms with Gasteiger partial charge in [-0.25, -0.2) is 0 Å². The highest BCUT2D eigenvalue weighted by molar-refractivity contribution is 5.29. The fraction of sp³-hybridized carbons (Fsp3) is 0.647. The minimum atomic E-state index is 0.679. The highest BCUT2D eigenvalue weighted by Crippen LogP contribution is 2.18. The average Bonchev–Trinajstić information content (AvgIpc) is 2.73.